The summed E-state index contributed by atoms with van der Waals surface area (Å²) in [6.07, 6.45) is -4.55. The molecule has 2 aliphatic rings. The van der Waals surface area contributed by atoms with Gasteiger partial charge in [-0.15, -0.1) is 0 Å². The Kier molecular flexibility index (Phi) is 8.21. The fourth-order valence-corrected chi connectivity index (χ4v) is 5.50. The van der Waals surface area contributed by atoms with Crippen LogP contribution in [0.2, 0.25) is 0 Å². The van der Waals surface area contributed by atoms with E-state index in [1.54, 1.807) is 0 Å². The summed E-state index contributed by atoms with van der Waals surface area (Å²) in [6.45, 7) is 1.93. The van der Waals surface area contributed by atoms with Crippen molar-refractivity contribution in [3.63, 3.8) is 0 Å². The number of halogens is 13. The molecule has 0 nitrogen and oxygen atoms in total. The average Bonchev–Trinajstić information content (AvgIpc) is 2.73. The first-order valence-corrected chi connectivity index (χ1v) is 11.2. The molecule has 0 N–H and O–H groups in total. The summed E-state index contributed by atoms with van der Waals surface area (Å²) < 4.78 is 177. The maximum atomic E-state index is 14.9. The lowest BCUT2D eigenvalue weighted by Crippen LogP contribution is -2.71. The van der Waals surface area contributed by atoms with Crippen LogP contribution in [-0.4, -0.2) is 35.8 Å². The fourth-order valence-electron chi connectivity index (χ4n) is 5.50. The van der Waals surface area contributed by atoms with Crippen LogP contribution in [-0.2, 0) is 0 Å². The van der Waals surface area contributed by atoms with E-state index in [1.807, 2.05) is 6.92 Å². The minimum Gasteiger partial charge on any atom is -0.199 e. The van der Waals surface area contributed by atoms with E-state index >= 15 is 0 Å². The highest BCUT2D eigenvalue weighted by Crippen LogP contribution is 2.63. The lowest BCUT2D eigenvalue weighted by atomic mass is 9.63. The largest absolute Gasteiger partial charge is 0.460 e. The molecule has 2 rings (SSSR count). The summed E-state index contributed by atoms with van der Waals surface area (Å²) in [6, 6.07) is 0. The van der Waals surface area contributed by atoms with Crippen LogP contribution in [0.5, 0.6) is 0 Å². The minimum absolute atomic E-state index is 0.0832. The first kappa shape index (κ1) is 29.3. The van der Waals surface area contributed by atoms with E-state index in [1.165, 1.54) is 0 Å². The van der Waals surface area contributed by atoms with Crippen LogP contribution in [0.3, 0.4) is 0 Å². The zero-order valence-corrected chi connectivity index (χ0v) is 18.3. The van der Waals surface area contributed by atoms with Gasteiger partial charge in [-0.2, -0.15) is 57.1 Å². The summed E-state index contributed by atoms with van der Waals surface area (Å²) >= 11 is 0. The normalized spacial score (nSPS) is 28.8. The van der Waals surface area contributed by atoms with Crippen LogP contribution in [0.1, 0.15) is 71.1 Å². The Morgan fingerprint density at radius 3 is 1.50 bits per heavy atom. The van der Waals surface area contributed by atoms with Gasteiger partial charge in [0, 0.05) is 5.92 Å². The van der Waals surface area contributed by atoms with Gasteiger partial charge >= 0.3 is 35.8 Å². The van der Waals surface area contributed by atoms with Crippen molar-refractivity contribution in [2.75, 3.05) is 0 Å². The van der Waals surface area contributed by atoms with Crippen LogP contribution in [0.15, 0.2) is 0 Å². The van der Waals surface area contributed by atoms with Gasteiger partial charge < -0.3 is 0 Å². The Balaban J connectivity index is 2.39. The van der Waals surface area contributed by atoms with Crippen LogP contribution >= 0.6 is 0 Å². The first-order chi connectivity index (χ1) is 15.3. The smallest absolute Gasteiger partial charge is 0.199 e. The van der Waals surface area contributed by atoms with Crippen LogP contribution in [0.25, 0.3) is 0 Å². The van der Waals surface area contributed by atoms with Gasteiger partial charge in [0.05, 0.1) is 0 Å². The Labute approximate surface area is 188 Å². The molecule has 0 saturated heterocycles. The van der Waals surface area contributed by atoms with E-state index in [9.17, 15) is 57.1 Å². The number of alkyl halides is 13. The summed E-state index contributed by atoms with van der Waals surface area (Å²) in [4.78, 5) is 0. The highest BCUT2D eigenvalue weighted by molar-refractivity contribution is 5.12. The molecule has 2 unspecified atom stereocenters. The Morgan fingerprint density at radius 1 is 0.559 bits per heavy atom. The molecule has 0 aromatic carbocycles. The van der Waals surface area contributed by atoms with Crippen LogP contribution in [0.4, 0.5) is 57.1 Å². The summed E-state index contributed by atoms with van der Waals surface area (Å²) in [5.74, 6) is -40.5. The van der Waals surface area contributed by atoms with E-state index in [2.05, 4.69) is 0 Å². The Hall–Kier alpha value is -0.910. The highest BCUT2D eigenvalue weighted by atomic mass is 19.4. The van der Waals surface area contributed by atoms with E-state index in [0.717, 1.165) is 12.8 Å². The molecular weight excluding hydrogens is 499 g/mol. The van der Waals surface area contributed by atoms with Crippen LogP contribution in [0, 0.1) is 23.7 Å². The second-order valence-electron chi connectivity index (χ2n) is 9.54. The molecule has 0 spiro atoms. The van der Waals surface area contributed by atoms with Crippen molar-refractivity contribution in [1.29, 1.82) is 0 Å². The van der Waals surface area contributed by atoms with Gasteiger partial charge in [0.2, 0.25) is 0 Å². The van der Waals surface area contributed by atoms with Gasteiger partial charge in [-0.05, 0) is 43.4 Å². The molecular formula is C21H27F13. The average molecular weight is 526 g/mol. The number of hydrogen-bond donors (Lipinski definition) is 0. The summed E-state index contributed by atoms with van der Waals surface area (Å²) in [5, 5.41) is 0. The number of hydrogen-bond acceptors (Lipinski definition) is 0. The van der Waals surface area contributed by atoms with E-state index in [4.69, 9.17) is 0 Å². The maximum Gasteiger partial charge on any atom is 0.460 e. The third-order valence-corrected chi connectivity index (χ3v) is 7.44. The quantitative estimate of drug-likeness (QED) is 0.277. The number of rotatable bonds is 8. The monoisotopic (exact) mass is 526 g/mol. The lowest BCUT2D eigenvalue weighted by Gasteiger charge is -2.47. The predicted octanol–water partition coefficient (Wildman–Crippen LogP) is 9.14. The van der Waals surface area contributed by atoms with Gasteiger partial charge in [0.1, 0.15) is 0 Å². The zero-order valence-electron chi connectivity index (χ0n) is 18.3. The molecule has 0 amide bonds. The molecule has 0 aromatic heterocycles. The summed E-state index contributed by atoms with van der Waals surface area (Å²) in [7, 11) is 0. The van der Waals surface area contributed by atoms with Gasteiger partial charge in [0.25, 0.3) is 0 Å². The van der Waals surface area contributed by atoms with Crippen molar-refractivity contribution in [1.82, 2.24) is 0 Å². The van der Waals surface area contributed by atoms with Gasteiger partial charge in [-0.1, -0.05) is 45.4 Å². The topological polar surface area (TPSA) is 0 Å². The van der Waals surface area contributed by atoms with Crippen molar-refractivity contribution < 1.29 is 57.1 Å². The predicted molar refractivity (Wildman–Crippen MR) is 96.6 cm³/mol. The maximum absolute atomic E-state index is 14.9. The molecule has 0 aliphatic heterocycles. The lowest BCUT2D eigenvalue weighted by molar-refractivity contribution is -0.444. The fraction of sp³-hybridized carbons (Fsp3) is 1.00. The van der Waals surface area contributed by atoms with E-state index in [0.29, 0.717) is 25.7 Å². The van der Waals surface area contributed by atoms with Crippen molar-refractivity contribution in [2.45, 2.75) is 107 Å². The first-order valence-electron chi connectivity index (χ1n) is 11.2. The van der Waals surface area contributed by atoms with Crippen LogP contribution < -0.4 is 0 Å². The molecule has 0 heterocycles. The van der Waals surface area contributed by atoms with Gasteiger partial charge in [-0.3, -0.25) is 0 Å². The SMILES string of the molecule is CCCC1CCC(C2CCCCC2C(F)(F)C(F)(F)C(F)(F)C(F)(F)C(F)(F)C(F)(F)F)CC1. The molecule has 2 aliphatic carbocycles. The molecule has 13 heteroatoms. The van der Waals surface area contributed by atoms with Crippen molar-refractivity contribution in [2.24, 2.45) is 23.7 Å². The molecule has 202 valence electrons. The molecule has 2 atom stereocenters. The summed E-state index contributed by atoms with van der Waals surface area (Å²) in [5.41, 5.74) is 0. The standard InChI is InChI=1S/C21H27F13/c1-2-5-12-8-10-13(11-9-12)14-6-3-4-7-15(14)16(22,23)17(24,25)18(26,27)19(28,29)20(30,31)21(32,33)34/h12-15H,2-11H2,1H3. The molecule has 0 bridgehead atoms. The molecule has 2 fully saturated rings. The minimum atomic E-state index is -7.83. The zero-order chi connectivity index (χ0) is 26.4. The van der Waals surface area contributed by atoms with E-state index in [-0.39, 0.29) is 25.2 Å². The Bertz CT molecular complexity index is 675. The van der Waals surface area contributed by atoms with Crippen molar-refractivity contribution in [3.05, 3.63) is 0 Å². The molecule has 34 heavy (non-hydrogen) atoms. The third kappa shape index (κ3) is 4.62. The van der Waals surface area contributed by atoms with Crippen molar-refractivity contribution in [3.8, 4) is 0 Å². The highest BCUT2D eigenvalue weighted by Gasteiger charge is 2.91. The van der Waals surface area contributed by atoms with E-state index < -0.39 is 60.0 Å². The van der Waals surface area contributed by atoms with Crippen molar-refractivity contribution >= 4 is 0 Å². The van der Waals surface area contributed by atoms with Gasteiger partial charge in [-0.25, -0.2) is 0 Å². The molecule has 0 radical (unpaired) electrons. The second kappa shape index (κ2) is 9.52. The third-order valence-electron chi connectivity index (χ3n) is 7.44. The molecule has 0 aromatic rings. The van der Waals surface area contributed by atoms with Gasteiger partial charge in [0.15, 0.2) is 0 Å². The Morgan fingerprint density at radius 2 is 1.03 bits per heavy atom. The molecule has 2 saturated carbocycles. The second-order valence-corrected chi connectivity index (χ2v) is 9.54.